The molecule has 0 aromatic heterocycles. The van der Waals surface area contributed by atoms with E-state index >= 15 is 0 Å². The quantitative estimate of drug-likeness (QED) is 0.848. The minimum Gasteiger partial charge on any atom is -0.492 e. The van der Waals surface area contributed by atoms with Gasteiger partial charge in [0.25, 0.3) is 0 Å². The highest BCUT2D eigenvalue weighted by Crippen LogP contribution is 2.38. The highest BCUT2D eigenvalue weighted by atomic mass is 35.5. The molecule has 1 aliphatic rings. The van der Waals surface area contributed by atoms with Gasteiger partial charge in [-0.2, -0.15) is 0 Å². The van der Waals surface area contributed by atoms with E-state index in [-0.39, 0.29) is 17.6 Å². The summed E-state index contributed by atoms with van der Waals surface area (Å²) in [4.78, 5) is 11.8. The van der Waals surface area contributed by atoms with Crippen molar-refractivity contribution < 1.29 is 14.3 Å². The molecule has 21 heavy (non-hydrogen) atoms. The number of nitrogens with one attached hydrogen (secondary N) is 2. The molecule has 1 unspecified atom stereocenters. The van der Waals surface area contributed by atoms with Crippen molar-refractivity contribution in [1.82, 2.24) is 5.32 Å². The van der Waals surface area contributed by atoms with E-state index in [1.165, 1.54) is 0 Å². The van der Waals surface area contributed by atoms with E-state index in [1.54, 1.807) is 26.3 Å². The summed E-state index contributed by atoms with van der Waals surface area (Å²) in [5, 5.41) is 6.28. The minimum absolute atomic E-state index is 0.0822. The third-order valence-electron chi connectivity index (χ3n) is 3.74. The van der Waals surface area contributed by atoms with Gasteiger partial charge in [0.2, 0.25) is 5.91 Å². The smallest absolute Gasteiger partial charge is 0.246 e. The number of amides is 1. The monoisotopic (exact) mass is 312 g/mol. The van der Waals surface area contributed by atoms with E-state index in [0.717, 1.165) is 17.7 Å². The van der Waals surface area contributed by atoms with E-state index in [0.29, 0.717) is 17.4 Å². The first-order chi connectivity index (χ1) is 9.88. The summed E-state index contributed by atoms with van der Waals surface area (Å²) in [7, 11) is 3.42. The summed E-state index contributed by atoms with van der Waals surface area (Å²) < 4.78 is 11.1. The molecule has 0 saturated heterocycles. The molecule has 1 aromatic rings. The Bertz CT molecular complexity index is 546. The standard InChI is InChI=1S/C15H21ClN2O3/c1-15(2,20-4)5-6-21-12-8-11-9(7-10(12)16)13(17-3)14(19)18-11/h7-8,13,17H,5-6H2,1-4H3,(H,18,19). The fraction of sp³-hybridized carbons (Fsp3) is 0.533. The number of ether oxygens (including phenoxy) is 2. The molecule has 0 bridgehead atoms. The molecule has 116 valence electrons. The van der Waals surface area contributed by atoms with E-state index in [9.17, 15) is 4.79 Å². The number of halogens is 1. The summed E-state index contributed by atoms with van der Waals surface area (Å²) in [6, 6.07) is 3.18. The van der Waals surface area contributed by atoms with Gasteiger partial charge in [-0.3, -0.25) is 4.79 Å². The lowest BCUT2D eigenvalue weighted by molar-refractivity contribution is -0.117. The van der Waals surface area contributed by atoms with Gasteiger partial charge in [-0.25, -0.2) is 0 Å². The first kappa shape index (κ1) is 16.1. The Morgan fingerprint density at radius 1 is 1.43 bits per heavy atom. The number of likely N-dealkylation sites (N-methyl/N-ethyl adjacent to an activating group) is 1. The number of fused-ring (bicyclic) bond motifs is 1. The SMILES string of the molecule is CNC1C(=O)Nc2cc(OCCC(C)(C)OC)c(Cl)cc21. The topological polar surface area (TPSA) is 59.6 Å². The molecule has 6 heteroatoms. The molecule has 5 nitrogen and oxygen atoms in total. The highest BCUT2D eigenvalue weighted by molar-refractivity contribution is 6.32. The van der Waals surface area contributed by atoms with E-state index < -0.39 is 0 Å². The van der Waals surface area contributed by atoms with Crippen molar-refractivity contribution in [2.24, 2.45) is 0 Å². The first-order valence-corrected chi connectivity index (χ1v) is 7.25. The van der Waals surface area contributed by atoms with Crippen LogP contribution in [0.4, 0.5) is 5.69 Å². The van der Waals surface area contributed by atoms with Gasteiger partial charge in [-0.15, -0.1) is 0 Å². The number of rotatable bonds is 6. The van der Waals surface area contributed by atoms with Gasteiger partial charge in [0, 0.05) is 30.8 Å². The summed E-state index contributed by atoms with van der Waals surface area (Å²) >= 11 is 6.24. The summed E-state index contributed by atoms with van der Waals surface area (Å²) in [6.07, 6.45) is 0.739. The second-order valence-electron chi connectivity index (χ2n) is 5.64. The largest absolute Gasteiger partial charge is 0.492 e. The normalized spacial score (nSPS) is 17.6. The van der Waals surface area contributed by atoms with Crippen molar-refractivity contribution in [1.29, 1.82) is 0 Å². The molecule has 0 radical (unpaired) electrons. The maximum absolute atomic E-state index is 11.8. The van der Waals surface area contributed by atoms with Gasteiger partial charge in [-0.05, 0) is 27.0 Å². The molecule has 1 heterocycles. The van der Waals surface area contributed by atoms with Crippen LogP contribution in [-0.4, -0.2) is 32.3 Å². The summed E-state index contributed by atoms with van der Waals surface area (Å²) in [6.45, 7) is 4.49. The van der Waals surface area contributed by atoms with E-state index in [4.69, 9.17) is 21.1 Å². The number of methoxy groups -OCH3 is 1. The maximum atomic E-state index is 11.8. The van der Waals surface area contributed by atoms with Gasteiger partial charge in [0.1, 0.15) is 11.8 Å². The molecular weight excluding hydrogens is 292 g/mol. The van der Waals surface area contributed by atoms with Crippen LogP contribution in [0.1, 0.15) is 31.9 Å². The number of hydrogen-bond acceptors (Lipinski definition) is 4. The molecule has 1 aliphatic heterocycles. The second kappa shape index (κ2) is 6.22. The Morgan fingerprint density at radius 3 is 2.76 bits per heavy atom. The molecule has 1 atom stereocenters. The van der Waals surface area contributed by atoms with Crippen LogP contribution in [0.25, 0.3) is 0 Å². The predicted molar refractivity (Wildman–Crippen MR) is 83.1 cm³/mol. The molecule has 0 spiro atoms. The third-order valence-corrected chi connectivity index (χ3v) is 4.03. The number of carbonyl (C=O) groups excluding carboxylic acids is 1. The zero-order valence-corrected chi connectivity index (χ0v) is 13.5. The van der Waals surface area contributed by atoms with Gasteiger partial charge in [-0.1, -0.05) is 11.6 Å². The van der Waals surface area contributed by atoms with Crippen molar-refractivity contribution in [3.8, 4) is 5.75 Å². The van der Waals surface area contributed by atoms with Crippen molar-refractivity contribution in [3.63, 3.8) is 0 Å². The Morgan fingerprint density at radius 2 is 2.14 bits per heavy atom. The van der Waals surface area contributed by atoms with E-state index in [1.807, 2.05) is 13.8 Å². The van der Waals surface area contributed by atoms with Crippen LogP contribution in [0.5, 0.6) is 5.75 Å². The molecule has 1 aromatic carbocycles. The lowest BCUT2D eigenvalue weighted by Gasteiger charge is -2.22. The molecule has 1 amide bonds. The molecular formula is C15H21ClN2O3. The molecule has 0 aliphatic carbocycles. The number of benzene rings is 1. The van der Waals surface area contributed by atoms with Gasteiger partial charge < -0.3 is 20.1 Å². The minimum atomic E-state index is -0.362. The zero-order chi connectivity index (χ0) is 15.6. The summed E-state index contributed by atoms with van der Waals surface area (Å²) in [5.41, 5.74) is 1.34. The van der Waals surface area contributed by atoms with E-state index in [2.05, 4.69) is 10.6 Å². The van der Waals surface area contributed by atoms with Gasteiger partial charge in [0.15, 0.2) is 0 Å². The Kier molecular flexibility index (Phi) is 4.76. The maximum Gasteiger partial charge on any atom is 0.246 e. The average molecular weight is 313 g/mol. The van der Waals surface area contributed by atoms with Crippen LogP contribution >= 0.6 is 11.6 Å². The molecule has 2 N–H and O–H groups in total. The number of carbonyl (C=O) groups is 1. The predicted octanol–water partition coefficient (Wildman–Crippen LogP) is 2.75. The van der Waals surface area contributed by atoms with Crippen molar-refractivity contribution >= 4 is 23.2 Å². The van der Waals surface area contributed by atoms with Gasteiger partial charge >= 0.3 is 0 Å². The first-order valence-electron chi connectivity index (χ1n) is 6.87. The number of hydrogen-bond donors (Lipinski definition) is 2. The fourth-order valence-electron chi connectivity index (χ4n) is 2.17. The Hall–Kier alpha value is -1.30. The van der Waals surface area contributed by atoms with Crippen molar-refractivity contribution in [3.05, 3.63) is 22.7 Å². The Labute approximate surface area is 130 Å². The summed E-state index contributed by atoms with van der Waals surface area (Å²) in [5.74, 6) is 0.487. The van der Waals surface area contributed by atoms with Crippen LogP contribution in [0.15, 0.2) is 12.1 Å². The van der Waals surface area contributed by atoms with Crippen LogP contribution in [0.2, 0.25) is 5.02 Å². The van der Waals surface area contributed by atoms with Gasteiger partial charge in [0.05, 0.1) is 17.2 Å². The van der Waals surface area contributed by atoms with Crippen molar-refractivity contribution in [2.75, 3.05) is 26.1 Å². The van der Waals surface area contributed by atoms with Crippen LogP contribution in [0.3, 0.4) is 0 Å². The second-order valence-corrected chi connectivity index (χ2v) is 6.05. The zero-order valence-electron chi connectivity index (χ0n) is 12.7. The third kappa shape index (κ3) is 3.48. The highest BCUT2D eigenvalue weighted by Gasteiger charge is 2.30. The van der Waals surface area contributed by atoms with Crippen LogP contribution in [0, 0.1) is 0 Å². The molecule has 2 rings (SSSR count). The van der Waals surface area contributed by atoms with Crippen LogP contribution < -0.4 is 15.4 Å². The number of anilines is 1. The molecule has 0 fully saturated rings. The van der Waals surface area contributed by atoms with Crippen molar-refractivity contribution in [2.45, 2.75) is 31.9 Å². The lowest BCUT2D eigenvalue weighted by Crippen LogP contribution is -2.25. The average Bonchev–Trinajstić information content (AvgIpc) is 2.73. The van der Waals surface area contributed by atoms with Crippen LogP contribution in [-0.2, 0) is 9.53 Å². The Balaban J connectivity index is 2.10. The lowest BCUT2D eigenvalue weighted by atomic mass is 10.1. The fourth-order valence-corrected chi connectivity index (χ4v) is 2.39. The molecule has 0 saturated carbocycles.